The summed E-state index contributed by atoms with van der Waals surface area (Å²) in [4.78, 5) is 24.0. The quantitative estimate of drug-likeness (QED) is 0.170. The molecule has 0 aliphatic carbocycles. The molecule has 0 radical (unpaired) electrons. The maximum Gasteiger partial charge on any atom is 0.345 e. The van der Waals surface area contributed by atoms with Crippen LogP contribution in [0.4, 0.5) is 0 Å². The summed E-state index contributed by atoms with van der Waals surface area (Å²) < 4.78 is 5.33. The standard InChI is InChI=1S/C20H34O4/c1-3-5-6-7-8-9-10-11-12-14-16-15-18(22)19(20(23)24-16)17(21)13-4-2/h16,21H,3-15H2,1-2H3/b19-17+/t16-/m1/s1. The highest BCUT2D eigenvalue weighted by molar-refractivity contribution is 6.19. The van der Waals surface area contributed by atoms with Gasteiger partial charge in [-0.2, -0.15) is 0 Å². The van der Waals surface area contributed by atoms with Gasteiger partial charge in [0.1, 0.15) is 17.4 Å². The fraction of sp³-hybridized carbons (Fsp3) is 0.800. The second-order valence-corrected chi connectivity index (χ2v) is 6.84. The van der Waals surface area contributed by atoms with Gasteiger partial charge in [0.2, 0.25) is 0 Å². The molecule has 0 amide bonds. The summed E-state index contributed by atoms with van der Waals surface area (Å²) in [5.74, 6) is -1.02. The first-order valence-electron chi connectivity index (χ1n) is 9.76. The molecule has 1 rings (SSSR count). The monoisotopic (exact) mass is 338 g/mol. The normalized spacial score (nSPS) is 20.2. The lowest BCUT2D eigenvalue weighted by Crippen LogP contribution is -2.33. The van der Waals surface area contributed by atoms with E-state index in [2.05, 4.69) is 6.92 Å². The van der Waals surface area contributed by atoms with Gasteiger partial charge in [0, 0.05) is 12.8 Å². The van der Waals surface area contributed by atoms with Crippen molar-refractivity contribution in [1.82, 2.24) is 0 Å². The van der Waals surface area contributed by atoms with Crippen molar-refractivity contribution in [2.45, 2.75) is 103 Å². The molecule has 1 aliphatic heterocycles. The number of esters is 1. The van der Waals surface area contributed by atoms with Gasteiger partial charge < -0.3 is 9.84 Å². The zero-order valence-electron chi connectivity index (χ0n) is 15.4. The Morgan fingerprint density at radius 3 is 2.08 bits per heavy atom. The summed E-state index contributed by atoms with van der Waals surface area (Å²) >= 11 is 0. The van der Waals surface area contributed by atoms with E-state index in [0.29, 0.717) is 12.8 Å². The fourth-order valence-electron chi connectivity index (χ4n) is 3.16. The zero-order chi connectivity index (χ0) is 17.8. The Morgan fingerprint density at radius 2 is 1.54 bits per heavy atom. The topological polar surface area (TPSA) is 63.6 Å². The molecule has 4 nitrogen and oxygen atoms in total. The van der Waals surface area contributed by atoms with E-state index >= 15 is 0 Å². The van der Waals surface area contributed by atoms with Crippen molar-refractivity contribution in [2.24, 2.45) is 0 Å². The molecule has 0 spiro atoms. The van der Waals surface area contributed by atoms with Crippen LogP contribution in [0.15, 0.2) is 11.3 Å². The van der Waals surface area contributed by atoms with Gasteiger partial charge in [-0.15, -0.1) is 0 Å². The average Bonchev–Trinajstić information content (AvgIpc) is 2.53. The number of ketones is 1. The van der Waals surface area contributed by atoms with Crippen LogP contribution in [0.1, 0.15) is 97.3 Å². The molecule has 0 aromatic heterocycles. The smallest absolute Gasteiger partial charge is 0.345 e. The Labute approximate surface area is 146 Å². The van der Waals surface area contributed by atoms with Crippen molar-refractivity contribution >= 4 is 11.8 Å². The summed E-state index contributed by atoms with van der Waals surface area (Å²) in [6, 6.07) is 0. The third-order valence-electron chi connectivity index (χ3n) is 4.57. The molecule has 1 N–H and O–H groups in total. The number of rotatable bonds is 12. The number of Topliss-reactive ketones (excluding diaryl/α,β-unsaturated/α-hetero) is 1. The molecule has 1 heterocycles. The van der Waals surface area contributed by atoms with Gasteiger partial charge in [-0.3, -0.25) is 4.79 Å². The molecule has 1 atom stereocenters. The summed E-state index contributed by atoms with van der Waals surface area (Å²) in [7, 11) is 0. The van der Waals surface area contributed by atoms with Crippen LogP contribution >= 0.6 is 0 Å². The van der Waals surface area contributed by atoms with Crippen molar-refractivity contribution in [3.8, 4) is 0 Å². The van der Waals surface area contributed by atoms with E-state index in [4.69, 9.17) is 4.74 Å². The molecule has 138 valence electrons. The summed E-state index contributed by atoms with van der Waals surface area (Å²) in [5, 5.41) is 9.81. The zero-order valence-corrected chi connectivity index (χ0v) is 15.4. The first-order chi connectivity index (χ1) is 11.6. The molecular weight excluding hydrogens is 304 g/mol. The maximum atomic E-state index is 12.1. The highest BCUT2D eigenvalue weighted by Gasteiger charge is 2.34. The van der Waals surface area contributed by atoms with Gasteiger partial charge in [-0.25, -0.2) is 4.79 Å². The molecule has 0 aromatic rings. The lowest BCUT2D eigenvalue weighted by atomic mass is 9.96. The molecular formula is C20H34O4. The Balaban J connectivity index is 2.19. The van der Waals surface area contributed by atoms with Crippen LogP contribution in [-0.4, -0.2) is 23.0 Å². The van der Waals surface area contributed by atoms with Crippen LogP contribution in [0.2, 0.25) is 0 Å². The molecule has 1 fully saturated rings. The second-order valence-electron chi connectivity index (χ2n) is 6.84. The Hall–Kier alpha value is -1.32. The Kier molecular flexibility index (Phi) is 10.4. The van der Waals surface area contributed by atoms with Gasteiger partial charge in [0.25, 0.3) is 0 Å². The van der Waals surface area contributed by atoms with Crippen LogP contribution in [0.5, 0.6) is 0 Å². The van der Waals surface area contributed by atoms with Gasteiger partial charge in [-0.05, 0) is 19.3 Å². The molecule has 1 aliphatic rings. The Morgan fingerprint density at radius 1 is 0.958 bits per heavy atom. The molecule has 24 heavy (non-hydrogen) atoms. The highest BCUT2D eigenvalue weighted by atomic mass is 16.5. The van der Waals surface area contributed by atoms with Crippen molar-refractivity contribution in [2.75, 3.05) is 0 Å². The summed E-state index contributed by atoms with van der Waals surface area (Å²) in [6.07, 6.45) is 12.9. The van der Waals surface area contributed by atoms with Crippen LogP contribution < -0.4 is 0 Å². The van der Waals surface area contributed by atoms with Crippen molar-refractivity contribution in [3.63, 3.8) is 0 Å². The van der Waals surface area contributed by atoms with E-state index in [1.807, 2.05) is 6.92 Å². The van der Waals surface area contributed by atoms with Crippen LogP contribution in [0.3, 0.4) is 0 Å². The first kappa shape index (κ1) is 20.7. The number of carbonyl (C=O) groups is 2. The predicted molar refractivity (Wildman–Crippen MR) is 95.9 cm³/mol. The minimum absolute atomic E-state index is 0.117. The second kappa shape index (κ2) is 12.1. The van der Waals surface area contributed by atoms with Crippen molar-refractivity contribution < 1.29 is 19.4 Å². The van der Waals surface area contributed by atoms with E-state index in [-0.39, 0.29) is 29.6 Å². The fourth-order valence-corrected chi connectivity index (χ4v) is 3.16. The summed E-state index contributed by atoms with van der Waals surface area (Å²) in [6.45, 7) is 4.12. The third-order valence-corrected chi connectivity index (χ3v) is 4.57. The summed E-state index contributed by atoms with van der Waals surface area (Å²) in [5.41, 5.74) is -0.125. The molecule has 1 saturated heterocycles. The number of unbranched alkanes of at least 4 members (excludes halogenated alkanes) is 8. The van der Waals surface area contributed by atoms with Gasteiger partial charge in [0.05, 0.1) is 0 Å². The van der Waals surface area contributed by atoms with Gasteiger partial charge >= 0.3 is 5.97 Å². The van der Waals surface area contributed by atoms with Crippen LogP contribution in [0.25, 0.3) is 0 Å². The van der Waals surface area contributed by atoms with Crippen LogP contribution in [0, 0.1) is 0 Å². The number of carbonyl (C=O) groups excluding carboxylic acids is 2. The maximum absolute atomic E-state index is 12.1. The first-order valence-corrected chi connectivity index (χ1v) is 9.76. The largest absolute Gasteiger partial charge is 0.511 e. The number of hydrogen-bond acceptors (Lipinski definition) is 4. The third kappa shape index (κ3) is 7.50. The van der Waals surface area contributed by atoms with Gasteiger partial charge in [-0.1, -0.05) is 65.2 Å². The number of aliphatic hydroxyl groups is 1. The minimum atomic E-state index is -0.641. The van der Waals surface area contributed by atoms with E-state index < -0.39 is 5.97 Å². The highest BCUT2D eigenvalue weighted by Crippen LogP contribution is 2.24. The van der Waals surface area contributed by atoms with Crippen molar-refractivity contribution in [1.29, 1.82) is 0 Å². The van der Waals surface area contributed by atoms with Crippen molar-refractivity contribution in [3.05, 3.63) is 11.3 Å². The molecule has 0 saturated carbocycles. The molecule has 0 aromatic carbocycles. The van der Waals surface area contributed by atoms with E-state index in [1.54, 1.807) is 0 Å². The van der Waals surface area contributed by atoms with Gasteiger partial charge in [0.15, 0.2) is 5.78 Å². The minimum Gasteiger partial charge on any atom is -0.511 e. The number of aliphatic hydroxyl groups excluding tert-OH is 1. The van der Waals surface area contributed by atoms with E-state index in [9.17, 15) is 14.7 Å². The number of allylic oxidation sites excluding steroid dienone is 1. The lowest BCUT2D eigenvalue weighted by Gasteiger charge is -2.23. The molecule has 0 unspecified atom stereocenters. The SMILES string of the molecule is CCCCCCCCCCC[C@@H]1CC(=O)/C(=C(\O)CCC)C(=O)O1. The Bertz CT molecular complexity index is 405. The lowest BCUT2D eigenvalue weighted by molar-refractivity contribution is -0.151. The van der Waals surface area contributed by atoms with E-state index in [0.717, 1.165) is 19.3 Å². The predicted octanol–water partition coefficient (Wildman–Crippen LogP) is 5.40. The van der Waals surface area contributed by atoms with Crippen LogP contribution in [-0.2, 0) is 14.3 Å². The molecule has 4 heteroatoms. The van der Waals surface area contributed by atoms with E-state index in [1.165, 1.54) is 44.9 Å². The number of hydrogen-bond donors (Lipinski definition) is 1. The average molecular weight is 338 g/mol. The molecule has 0 bridgehead atoms. The number of ether oxygens (including phenoxy) is 1. The number of cyclic esters (lactones) is 1.